The summed E-state index contributed by atoms with van der Waals surface area (Å²) in [4.78, 5) is 0. The molecule has 0 radical (unpaired) electrons. The summed E-state index contributed by atoms with van der Waals surface area (Å²) in [5.74, 6) is 0.477. The number of rotatable bonds is 9. The van der Waals surface area contributed by atoms with E-state index >= 15 is 0 Å². The van der Waals surface area contributed by atoms with Gasteiger partial charge < -0.3 is 5.11 Å². The first kappa shape index (κ1) is 14.0. The Morgan fingerprint density at radius 2 is 1.36 bits per heavy atom. The van der Waals surface area contributed by atoms with Crippen molar-refractivity contribution in [2.75, 3.05) is 0 Å². The maximum Gasteiger partial charge on any atom is 0.0537 e. The normalized spacial score (nSPS) is 15.4. The van der Waals surface area contributed by atoms with Gasteiger partial charge in [0.15, 0.2) is 0 Å². The molecule has 0 aromatic carbocycles. The van der Waals surface area contributed by atoms with Crippen molar-refractivity contribution >= 4 is 0 Å². The molecule has 0 saturated heterocycles. The lowest BCUT2D eigenvalue weighted by Gasteiger charge is -2.13. The highest BCUT2D eigenvalue weighted by molar-refractivity contribution is 4.59. The summed E-state index contributed by atoms with van der Waals surface area (Å²) in [6.07, 6.45) is 10.6. The molecule has 2 unspecified atom stereocenters. The quantitative estimate of drug-likeness (QED) is 0.554. The van der Waals surface area contributed by atoms with Gasteiger partial charge in [-0.25, -0.2) is 0 Å². The number of hydrogen-bond acceptors (Lipinski definition) is 1. The average Bonchev–Trinajstić information content (AvgIpc) is 2.16. The summed E-state index contributed by atoms with van der Waals surface area (Å²) in [7, 11) is 0. The van der Waals surface area contributed by atoms with E-state index < -0.39 is 0 Å². The monoisotopic (exact) mass is 200 g/mol. The second-order valence-corrected chi connectivity index (χ2v) is 4.63. The fourth-order valence-corrected chi connectivity index (χ4v) is 1.66. The molecule has 0 aliphatic rings. The van der Waals surface area contributed by atoms with Gasteiger partial charge >= 0.3 is 0 Å². The van der Waals surface area contributed by atoms with Crippen LogP contribution in [-0.2, 0) is 0 Å². The van der Waals surface area contributed by atoms with Gasteiger partial charge in [-0.05, 0) is 19.3 Å². The molecule has 0 aliphatic heterocycles. The van der Waals surface area contributed by atoms with Crippen LogP contribution in [0.25, 0.3) is 0 Å². The fourth-order valence-electron chi connectivity index (χ4n) is 1.66. The Kier molecular flexibility index (Phi) is 9.49. The topological polar surface area (TPSA) is 20.2 Å². The summed E-state index contributed by atoms with van der Waals surface area (Å²) >= 11 is 0. The predicted octanol–water partition coefficient (Wildman–Crippen LogP) is 4.14. The third-order valence-corrected chi connectivity index (χ3v) is 3.09. The van der Waals surface area contributed by atoms with Gasteiger partial charge in [0.1, 0.15) is 0 Å². The molecule has 0 spiro atoms. The van der Waals surface area contributed by atoms with Gasteiger partial charge in [0.05, 0.1) is 6.10 Å². The number of aliphatic hydroxyl groups is 1. The van der Waals surface area contributed by atoms with Crippen molar-refractivity contribution in [3.63, 3.8) is 0 Å². The van der Waals surface area contributed by atoms with Crippen LogP contribution in [0.15, 0.2) is 0 Å². The Hall–Kier alpha value is -0.0400. The van der Waals surface area contributed by atoms with Crippen molar-refractivity contribution in [3.8, 4) is 0 Å². The van der Waals surface area contributed by atoms with E-state index in [1.165, 1.54) is 51.4 Å². The van der Waals surface area contributed by atoms with E-state index in [4.69, 9.17) is 0 Å². The lowest BCUT2D eigenvalue weighted by Crippen LogP contribution is -2.12. The summed E-state index contributed by atoms with van der Waals surface area (Å²) in [6.45, 7) is 6.29. The van der Waals surface area contributed by atoms with Gasteiger partial charge in [-0.3, -0.25) is 0 Å². The molecule has 0 fully saturated rings. The average molecular weight is 200 g/mol. The van der Waals surface area contributed by atoms with Crippen molar-refractivity contribution in [1.82, 2.24) is 0 Å². The summed E-state index contributed by atoms with van der Waals surface area (Å²) < 4.78 is 0. The second kappa shape index (κ2) is 9.51. The third kappa shape index (κ3) is 8.55. The summed E-state index contributed by atoms with van der Waals surface area (Å²) in [6, 6.07) is 0. The lowest BCUT2D eigenvalue weighted by molar-refractivity contribution is 0.128. The van der Waals surface area contributed by atoms with E-state index in [1.54, 1.807) is 0 Å². The largest absolute Gasteiger partial charge is 0.393 e. The van der Waals surface area contributed by atoms with Crippen molar-refractivity contribution in [2.24, 2.45) is 5.92 Å². The maximum atomic E-state index is 9.29. The van der Waals surface area contributed by atoms with Gasteiger partial charge in [-0.1, -0.05) is 58.8 Å². The first-order valence-corrected chi connectivity index (χ1v) is 6.36. The van der Waals surface area contributed by atoms with Crippen LogP contribution < -0.4 is 0 Å². The molecule has 0 aliphatic carbocycles. The molecular weight excluding hydrogens is 172 g/mol. The van der Waals surface area contributed by atoms with Crippen LogP contribution >= 0.6 is 0 Å². The molecule has 1 nitrogen and oxygen atoms in total. The van der Waals surface area contributed by atoms with Gasteiger partial charge in [0.25, 0.3) is 0 Å². The minimum atomic E-state index is -0.130. The Labute approximate surface area is 89.9 Å². The Balaban J connectivity index is 3.06. The highest BCUT2D eigenvalue weighted by Crippen LogP contribution is 2.14. The highest BCUT2D eigenvalue weighted by atomic mass is 16.3. The standard InChI is InChI=1S/C13H28O/c1-4-5-6-7-8-9-10-11-12(2)13(3)14/h12-14H,4-11H2,1-3H3. The molecule has 0 saturated carbocycles. The van der Waals surface area contributed by atoms with Crippen LogP contribution in [0, 0.1) is 5.92 Å². The van der Waals surface area contributed by atoms with Crippen molar-refractivity contribution in [2.45, 2.75) is 78.2 Å². The van der Waals surface area contributed by atoms with Crippen molar-refractivity contribution in [3.05, 3.63) is 0 Å². The fraction of sp³-hybridized carbons (Fsp3) is 1.00. The number of unbranched alkanes of at least 4 members (excludes halogenated alkanes) is 6. The van der Waals surface area contributed by atoms with Crippen molar-refractivity contribution in [1.29, 1.82) is 0 Å². The molecule has 0 aromatic heterocycles. The van der Waals surface area contributed by atoms with Gasteiger partial charge in [-0.2, -0.15) is 0 Å². The Bertz CT molecular complexity index is 110. The maximum absolute atomic E-state index is 9.29. The molecule has 1 heteroatoms. The molecule has 0 heterocycles. The van der Waals surface area contributed by atoms with Crippen LogP contribution in [0.4, 0.5) is 0 Å². The zero-order valence-electron chi connectivity index (χ0n) is 10.3. The first-order valence-electron chi connectivity index (χ1n) is 6.36. The molecule has 0 rings (SSSR count). The molecular formula is C13H28O. The summed E-state index contributed by atoms with van der Waals surface area (Å²) in [5, 5.41) is 9.29. The zero-order chi connectivity index (χ0) is 10.8. The minimum Gasteiger partial charge on any atom is -0.393 e. The molecule has 1 N–H and O–H groups in total. The van der Waals surface area contributed by atoms with Crippen LogP contribution in [0.3, 0.4) is 0 Å². The van der Waals surface area contributed by atoms with Gasteiger partial charge in [0.2, 0.25) is 0 Å². The number of aliphatic hydroxyl groups excluding tert-OH is 1. The predicted molar refractivity (Wildman–Crippen MR) is 63.5 cm³/mol. The van der Waals surface area contributed by atoms with Crippen LogP contribution in [0.1, 0.15) is 72.1 Å². The molecule has 86 valence electrons. The van der Waals surface area contributed by atoms with Gasteiger partial charge in [0, 0.05) is 0 Å². The molecule has 0 aromatic rings. The van der Waals surface area contributed by atoms with E-state index in [9.17, 15) is 5.11 Å². The van der Waals surface area contributed by atoms with E-state index in [1.807, 2.05) is 6.92 Å². The third-order valence-electron chi connectivity index (χ3n) is 3.09. The smallest absolute Gasteiger partial charge is 0.0537 e. The van der Waals surface area contributed by atoms with Crippen LogP contribution in [-0.4, -0.2) is 11.2 Å². The van der Waals surface area contributed by atoms with E-state index in [2.05, 4.69) is 13.8 Å². The number of hydrogen-bond donors (Lipinski definition) is 1. The SMILES string of the molecule is CCCCCCCCCC(C)C(C)O. The Morgan fingerprint density at radius 3 is 1.86 bits per heavy atom. The van der Waals surface area contributed by atoms with E-state index in [0.717, 1.165) is 0 Å². The van der Waals surface area contributed by atoms with Crippen LogP contribution in [0.5, 0.6) is 0 Å². The first-order chi connectivity index (χ1) is 6.68. The van der Waals surface area contributed by atoms with E-state index in [-0.39, 0.29) is 6.10 Å². The molecule has 0 bridgehead atoms. The van der Waals surface area contributed by atoms with Crippen LogP contribution in [0.2, 0.25) is 0 Å². The highest BCUT2D eigenvalue weighted by Gasteiger charge is 2.07. The minimum absolute atomic E-state index is 0.130. The Morgan fingerprint density at radius 1 is 0.857 bits per heavy atom. The second-order valence-electron chi connectivity index (χ2n) is 4.63. The summed E-state index contributed by atoms with van der Waals surface area (Å²) in [5.41, 5.74) is 0. The van der Waals surface area contributed by atoms with Crippen molar-refractivity contribution < 1.29 is 5.11 Å². The van der Waals surface area contributed by atoms with Gasteiger partial charge in [-0.15, -0.1) is 0 Å². The molecule has 2 atom stereocenters. The molecule has 0 amide bonds. The lowest BCUT2D eigenvalue weighted by atomic mass is 9.98. The van der Waals surface area contributed by atoms with E-state index in [0.29, 0.717) is 5.92 Å². The molecule has 14 heavy (non-hydrogen) atoms. The zero-order valence-corrected chi connectivity index (χ0v) is 10.3.